The molecule has 0 radical (unpaired) electrons. The van der Waals surface area contributed by atoms with Crippen LogP contribution in [0, 0.1) is 0 Å². The van der Waals surface area contributed by atoms with Crippen molar-refractivity contribution in [2.75, 3.05) is 0 Å². The van der Waals surface area contributed by atoms with Gasteiger partial charge in [0.05, 0.1) is 44.1 Å². The van der Waals surface area contributed by atoms with E-state index < -0.39 is 0 Å². The fourth-order valence-electron chi connectivity index (χ4n) is 8.87. The summed E-state index contributed by atoms with van der Waals surface area (Å²) < 4.78 is 7.51. The van der Waals surface area contributed by atoms with E-state index in [-0.39, 0.29) is 0 Å². The van der Waals surface area contributed by atoms with Gasteiger partial charge in [-0.05, 0) is 48.5 Å². The van der Waals surface area contributed by atoms with Crippen molar-refractivity contribution in [3.05, 3.63) is 140 Å². The van der Waals surface area contributed by atoms with Crippen LogP contribution in [0.25, 0.3) is 104 Å². The topological polar surface area (TPSA) is 13.8 Å². The molecular formula is C42H23N3. The summed E-state index contributed by atoms with van der Waals surface area (Å²) in [4.78, 5) is 0. The SMILES string of the molecule is c1ccc(-n2c3ccccc3c3c4c5c6c7cccc8c9ccccc9n(c6cc6c9ccccc9n(c4ccc32)c65)c87)cc1. The summed E-state index contributed by atoms with van der Waals surface area (Å²) in [6.45, 7) is 0. The monoisotopic (exact) mass is 569 g/mol. The lowest BCUT2D eigenvalue weighted by Crippen LogP contribution is -1.92. The highest BCUT2D eigenvalue weighted by Crippen LogP contribution is 2.50. The quantitative estimate of drug-likeness (QED) is 0.187. The van der Waals surface area contributed by atoms with E-state index in [1.807, 2.05) is 0 Å². The molecule has 206 valence electrons. The van der Waals surface area contributed by atoms with E-state index in [9.17, 15) is 0 Å². The summed E-state index contributed by atoms with van der Waals surface area (Å²) in [6.07, 6.45) is 0. The predicted octanol–water partition coefficient (Wildman–Crippen LogP) is 11.1. The minimum absolute atomic E-state index is 1.18. The van der Waals surface area contributed by atoms with Crippen molar-refractivity contribution >= 4 is 98.0 Å². The van der Waals surface area contributed by atoms with Gasteiger partial charge in [0.15, 0.2) is 0 Å². The summed E-state index contributed by atoms with van der Waals surface area (Å²) >= 11 is 0. The average molecular weight is 570 g/mol. The van der Waals surface area contributed by atoms with Crippen LogP contribution in [0.5, 0.6) is 0 Å². The van der Waals surface area contributed by atoms with Crippen molar-refractivity contribution in [3.8, 4) is 5.69 Å². The Labute approximate surface area is 256 Å². The molecule has 3 nitrogen and oxygen atoms in total. The van der Waals surface area contributed by atoms with Gasteiger partial charge >= 0.3 is 0 Å². The molecule has 0 aliphatic heterocycles. The first-order chi connectivity index (χ1) is 22.4. The minimum atomic E-state index is 1.18. The molecule has 0 fully saturated rings. The lowest BCUT2D eigenvalue weighted by Gasteiger charge is -2.07. The molecule has 3 heteroatoms. The number of benzene rings is 7. The van der Waals surface area contributed by atoms with Gasteiger partial charge in [0.2, 0.25) is 0 Å². The van der Waals surface area contributed by atoms with Crippen molar-refractivity contribution in [1.82, 2.24) is 13.4 Å². The van der Waals surface area contributed by atoms with Crippen LogP contribution in [0.2, 0.25) is 0 Å². The number of hydrogen-bond acceptors (Lipinski definition) is 0. The number of nitrogens with zero attached hydrogens (tertiary/aromatic N) is 3. The molecule has 5 heterocycles. The van der Waals surface area contributed by atoms with Gasteiger partial charge in [-0.2, -0.15) is 0 Å². The van der Waals surface area contributed by atoms with E-state index in [2.05, 4.69) is 153 Å². The van der Waals surface area contributed by atoms with Crippen LogP contribution >= 0.6 is 0 Å². The van der Waals surface area contributed by atoms with Gasteiger partial charge in [0.25, 0.3) is 0 Å². The first kappa shape index (κ1) is 22.5. The molecule has 0 unspecified atom stereocenters. The van der Waals surface area contributed by atoms with Crippen LogP contribution in [-0.4, -0.2) is 13.4 Å². The second-order valence-electron chi connectivity index (χ2n) is 12.5. The van der Waals surface area contributed by atoms with E-state index in [1.165, 1.54) is 104 Å². The Morgan fingerprint density at radius 1 is 0.289 bits per heavy atom. The molecule has 0 spiro atoms. The maximum Gasteiger partial charge on any atom is 0.0628 e. The van der Waals surface area contributed by atoms with Crippen molar-refractivity contribution in [1.29, 1.82) is 0 Å². The highest BCUT2D eigenvalue weighted by atomic mass is 15.0. The normalized spacial score (nSPS) is 12.9. The summed E-state index contributed by atoms with van der Waals surface area (Å²) in [5.74, 6) is 0. The average Bonchev–Trinajstić information content (AvgIpc) is 3.88. The number of hydrogen-bond donors (Lipinski definition) is 0. The van der Waals surface area contributed by atoms with E-state index in [0.717, 1.165) is 0 Å². The van der Waals surface area contributed by atoms with Crippen LogP contribution < -0.4 is 0 Å². The molecule has 45 heavy (non-hydrogen) atoms. The van der Waals surface area contributed by atoms with Crippen molar-refractivity contribution in [2.24, 2.45) is 0 Å². The highest BCUT2D eigenvalue weighted by Gasteiger charge is 2.27. The van der Waals surface area contributed by atoms with E-state index in [0.29, 0.717) is 0 Å². The third kappa shape index (κ3) is 2.43. The molecular weight excluding hydrogens is 546 g/mol. The molecule has 0 saturated carbocycles. The van der Waals surface area contributed by atoms with Crippen LogP contribution in [-0.2, 0) is 0 Å². The van der Waals surface area contributed by atoms with E-state index >= 15 is 0 Å². The van der Waals surface area contributed by atoms with Crippen molar-refractivity contribution in [3.63, 3.8) is 0 Å². The van der Waals surface area contributed by atoms with Crippen molar-refractivity contribution in [2.45, 2.75) is 0 Å². The fourth-order valence-corrected chi connectivity index (χ4v) is 8.87. The Morgan fingerprint density at radius 3 is 1.67 bits per heavy atom. The Bertz CT molecular complexity index is 3190. The Balaban J connectivity index is 1.45. The van der Waals surface area contributed by atoms with Gasteiger partial charge in [-0.1, -0.05) is 91.0 Å². The fraction of sp³-hybridized carbons (Fsp3) is 0. The molecule has 12 rings (SSSR count). The van der Waals surface area contributed by atoms with Crippen LogP contribution in [0.3, 0.4) is 0 Å². The number of aromatic nitrogens is 3. The predicted molar refractivity (Wildman–Crippen MR) is 190 cm³/mol. The van der Waals surface area contributed by atoms with Gasteiger partial charge in [0, 0.05) is 59.5 Å². The third-order valence-corrected chi connectivity index (χ3v) is 10.5. The molecule has 12 aromatic rings. The zero-order valence-corrected chi connectivity index (χ0v) is 24.1. The molecule has 5 aromatic heterocycles. The number of para-hydroxylation sites is 5. The number of fused-ring (bicyclic) bond motifs is 17. The second kappa shape index (κ2) is 7.53. The summed E-state index contributed by atoms with van der Waals surface area (Å²) in [5.41, 5.74) is 11.4. The van der Waals surface area contributed by atoms with Crippen LogP contribution in [0.15, 0.2) is 140 Å². The van der Waals surface area contributed by atoms with E-state index in [4.69, 9.17) is 0 Å². The Kier molecular flexibility index (Phi) is 3.76. The molecule has 7 aromatic carbocycles. The van der Waals surface area contributed by atoms with Crippen LogP contribution in [0.1, 0.15) is 0 Å². The molecule has 0 N–H and O–H groups in total. The molecule has 0 saturated heterocycles. The molecule has 0 aliphatic carbocycles. The second-order valence-corrected chi connectivity index (χ2v) is 12.5. The zero-order valence-electron chi connectivity index (χ0n) is 24.1. The number of rotatable bonds is 1. The molecule has 0 aliphatic rings. The Morgan fingerprint density at radius 2 is 0.867 bits per heavy atom. The highest BCUT2D eigenvalue weighted by molar-refractivity contribution is 6.42. The Hall–Kier alpha value is -6.06. The summed E-state index contributed by atoms with van der Waals surface area (Å²) in [5, 5.41) is 13.2. The minimum Gasteiger partial charge on any atom is -0.309 e. The van der Waals surface area contributed by atoms with Gasteiger partial charge in [-0.25, -0.2) is 0 Å². The zero-order chi connectivity index (χ0) is 29.0. The van der Waals surface area contributed by atoms with Crippen LogP contribution in [0.4, 0.5) is 0 Å². The standard InChI is InChI=1S/C42H23N3/c1-2-11-24(12-3-1)43-33-20-9-6-15-28(33)37-34(43)21-22-35-39(37)40-38-29-17-10-16-27-25-13-4-7-18-31(25)45(41(27)29)36(38)23-30-26-14-5-8-19-32(26)44(35)42(30)40/h1-23H. The van der Waals surface area contributed by atoms with Crippen molar-refractivity contribution < 1.29 is 0 Å². The largest absolute Gasteiger partial charge is 0.309 e. The van der Waals surface area contributed by atoms with Gasteiger partial charge < -0.3 is 13.4 Å². The van der Waals surface area contributed by atoms with E-state index in [1.54, 1.807) is 0 Å². The lowest BCUT2D eigenvalue weighted by atomic mass is 9.98. The summed E-state index contributed by atoms with van der Waals surface area (Å²) in [6, 6.07) is 51.6. The lowest BCUT2D eigenvalue weighted by molar-refractivity contribution is 1.18. The summed E-state index contributed by atoms with van der Waals surface area (Å²) in [7, 11) is 0. The first-order valence-electron chi connectivity index (χ1n) is 15.6. The molecule has 0 atom stereocenters. The third-order valence-electron chi connectivity index (χ3n) is 10.5. The molecule has 0 amide bonds. The smallest absolute Gasteiger partial charge is 0.0628 e. The van der Waals surface area contributed by atoms with Gasteiger partial charge in [0.1, 0.15) is 0 Å². The maximum atomic E-state index is 2.54. The maximum absolute atomic E-state index is 2.54. The first-order valence-corrected chi connectivity index (χ1v) is 15.6. The molecule has 0 bridgehead atoms. The van der Waals surface area contributed by atoms with Gasteiger partial charge in [-0.15, -0.1) is 0 Å². The van der Waals surface area contributed by atoms with Gasteiger partial charge in [-0.3, -0.25) is 0 Å².